The zero-order valence-electron chi connectivity index (χ0n) is 16.2. The van der Waals surface area contributed by atoms with Crippen molar-refractivity contribution < 1.29 is 14.5 Å². The number of anilines is 1. The van der Waals surface area contributed by atoms with E-state index in [1.165, 1.54) is 6.07 Å². The molecule has 3 amide bonds. The first-order valence-electron chi connectivity index (χ1n) is 9.46. The van der Waals surface area contributed by atoms with Gasteiger partial charge in [-0.25, -0.2) is 4.79 Å². The van der Waals surface area contributed by atoms with Gasteiger partial charge in [0.05, 0.1) is 11.5 Å². The molecule has 10 heteroatoms. The van der Waals surface area contributed by atoms with Crippen molar-refractivity contribution in [1.82, 2.24) is 15.5 Å². The Morgan fingerprint density at radius 2 is 1.73 bits per heavy atom. The summed E-state index contributed by atoms with van der Waals surface area (Å²) in [5.41, 5.74) is 1.39. The number of nitro groups is 1. The van der Waals surface area contributed by atoms with Crippen LogP contribution in [0.5, 0.6) is 0 Å². The largest absolute Gasteiger partial charge is 0.362 e. The number of carbonyl (C=O) groups excluding carboxylic acids is 2. The second kappa shape index (κ2) is 9.93. The average Bonchev–Trinajstić information content (AvgIpc) is 2.76. The van der Waals surface area contributed by atoms with E-state index in [0.29, 0.717) is 43.4 Å². The quantitative estimate of drug-likeness (QED) is 0.539. The van der Waals surface area contributed by atoms with Crippen LogP contribution in [0.4, 0.5) is 16.2 Å². The maximum Gasteiger partial charge on any atom is 0.315 e. The number of urea groups is 1. The number of benzene rings is 2. The molecule has 1 saturated heterocycles. The molecule has 30 heavy (non-hydrogen) atoms. The van der Waals surface area contributed by atoms with Gasteiger partial charge in [0, 0.05) is 43.8 Å². The minimum atomic E-state index is -0.462. The lowest BCUT2D eigenvalue weighted by Gasteiger charge is -2.35. The minimum absolute atomic E-state index is 0.0565. The zero-order chi connectivity index (χ0) is 21.5. The van der Waals surface area contributed by atoms with Gasteiger partial charge in [0.1, 0.15) is 5.69 Å². The number of carbonyl (C=O) groups is 2. The number of nitrogens with one attached hydrogen (secondary N) is 2. The van der Waals surface area contributed by atoms with Crippen LogP contribution in [0.25, 0.3) is 0 Å². The molecule has 1 heterocycles. The van der Waals surface area contributed by atoms with Crippen LogP contribution in [-0.4, -0.2) is 54.5 Å². The maximum atomic E-state index is 12.4. The molecule has 2 aromatic carbocycles. The Morgan fingerprint density at radius 1 is 1.03 bits per heavy atom. The van der Waals surface area contributed by atoms with E-state index in [0.717, 1.165) is 5.56 Å². The monoisotopic (exact) mass is 431 g/mol. The summed E-state index contributed by atoms with van der Waals surface area (Å²) in [6, 6.07) is 13.6. The van der Waals surface area contributed by atoms with E-state index >= 15 is 0 Å². The molecular formula is C20H22ClN5O4. The third kappa shape index (κ3) is 5.60. The van der Waals surface area contributed by atoms with Crippen molar-refractivity contribution in [1.29, 1.82) is 0 Å². The smallest absolute Gasteiger partial charge is 0.315 e. The molecule has 0 saturated carbocycles. The average molecular weight is 432 g/mol. The fourth-order valence-corrected chi connectivity index (χ4v) is 3.38. The zero-order valence-corrected chi connectivity index (χ0v) is 17.0. The number of halogens is 1. The Hall–Kier alpha value is -3.33. The van der Waals surface area contributed by atoms with E-state index in [4.69, 9.17) is 11.6 Å². The van der Waals surface area contributed by atoms with Crippen molar-refractivity contribution in [2.45, 2.75) is 6.54 Å². The fraction of sp³-hybridized carbons (Fsp3) is 0.300. The first-order chi connectivity index (χ1) is 14.4. The summed E-state index contributed by atoms with van der Waals surface area (Å²) in [5.74, 6) is -0.199. The van der Waals surface area contributed by atoms with Crippen molar-refractivity contribution in [2.24, 2.45) is 0 Å². The SMILES string of the molecule is O=C(NCC(=O)N1CCN(c2ccc(Cl)cc2[N+](=O)[O-])CC1)NCc1ccccc1. The van der Waals surface area contributed by atoms with E-state index in [-0.39, 0.29) is 18.1 Å². The second-order valence-electron chi connectivity index (χ2n) is 6.78. The molecule has 1 aliphatic heterocycles. The fourth-order valence-electron chi connectivity index (χ4n) is 3.22. The highest BCUT2D eigenvalue weighted by molar-refractivity contribution is 6.30. The Morgan fingerprint density at radius 3 is 2.40 bits per heavy atom. The lowest BCUT2D eigenvalue weighted by atomic mass is 10.2. The molecule has 9 nitrogen and oxygen atoms in total. The lowest BCUT2D eigenvalue weighted by Crippen LogP contribution is -2.52. The molecule has 0 radical (unpaired) electrons. The standard InChI is InChI=1S/C20H22ClN5O4/c21-16-6-7-17(18(12-16)26(29)30)24-8-10-25(11-9-24)19(27)14-23-20(28)22-13-15-4-2-1-3-5-15/h1-7,12H,8-11,13-14H2,(H2,22,23,28). The predicted octanol–water partition coefficient (Wildman–Crippen LogP) is 2.40. The highest BCUT2D eigenvalue weighted by Crippen LogP contribution is 2.31. The van der Waals surface area contributed by atoms with Crippen molar-refractivity contribution in [3.63, 3.8) is 0 Å². The topological polar surface area (TPSA) is 108 Å². The number of hydrogen-bond acceptors (Lipinski definition) is 5. The first-order valence-corrected chi connectivity index (χ1v) is 9.84. The number of amides is 3. The molecule has 158 valence electrons. The molecule has 0 aromatic heterocycles. The molecule has 2 aromatic rings. The van der Waals surface area contributed by atoms with Crippen molar-refractivity contribution in [3.05, 3.63) is 69.2 Å². The van der Waals surface area contributed by atoms with Crippen LogP contribution in [0.1, 0.15) is 5.56 Å². The number of piperazine rings is 1. The summed E-state index contributed by atoms with van der Waals surface area (Å²) in [6.07, 6.45) is 0. The Labute approximate surface area is 178 Å². The third-order valence-electron chi connectivity index (χ3n) is 4.80. The number of nitrogens with zero attached hydrogens (tertiary/aromatic N) is 3. The van der Waals surface area contributed by atoms with Gasteiger partial charge in [0.15, 0.2) is 0 Å². The first kappa shape index (κ1) is 21.4. The summed E-state index contributed by atoms with van der Waals surface area (Å²) >= 11 is 5.87. The summed E-state index contributed by atoms with van der Waals surface area (Å²) in [6.45, 7) is 1.99. The highest BCUT2D eigenvalue weighted by Gasteiger charge is 2.26. The summed E-state index contributed by atoms with van der Waals surface area (Å²) in [4.78, 5) is 38.6. The van der Waals surface area contributed by atoms with Crippen LogP contribution in [0, 0.1) is 10.1 Å². The van der Waals surface area contributed by atoms with E-state index in [1.807, 2.05) is 35.2 Å². The van der Waals surface area contributed by atoms with Crippen molar-refractivity contribution >= 4 is 34.9 Å². The van der Waals surface area contributed by atoms with Gasteiger partial charge in [-0.15, -0.1) is 0 Å². The summed E-state index contributed by atoms with van der Waals surface area (Å²) in [5, 5.41) is 16.9. The van der Waals surface area contributed by atoms with Crippen molar-refractivity contribution in [3.8, 4) is 0 Å². The van der Waals surface area contributed by atoms with Gasteiger partial charge in [-0.05, 0) is 17.7 Å². The summed E-state index contributed by atoms with van der Waals surface area (Å²) in [7, 11) is 0. The number of nitro benzene ring substituents is 1. The molecule has 0 spiro atoms. The minimum Gasteiger partial charge on any atom is -0.362 e. The van der Waals surface area contributed by atoms with Crippen LogP contribution in [0.2, 0.25) is 5.02 Å². The molecule has 0 aliphatic carbocycles. The van der Waals surface area contributed by atoms with Gasteiger partial charge < -0.3 is 20.4 Å². The maximum absolute atomic E-state index is 12.4. The number of hydrogen-bond donors (Lipinski definition) is 2. The second-order valence-corrected chi connectivity index (χ2v) is 7.22. The van der Waals surface area contributed by atoms with Gasteiger partial charge in [-0.1, -0.05) is 41.9 Å². The van der Waals surface area contributed by atoms with Gasteiger partial charge >= 0.3 is 6.03 Å². The molecule has 1 aliphatic rings. The molecule has 1 fully saturated rings. The third-order valence-corrected chi connectivity index (χ3v) is 5.04. The van der Waals surface area contributed by atoms with E-state index in [2.05, 4.69) is 10.6 Å². The molecule has 0 bridgehead atoms. The normalized spacial score (nSPS) is 13.6. The van der Waals surface area contributed by atoms with Crippen LogP contribution in [0.15, 0.2) is 48.5 Å². The van der Waals surface area contributed by atoms with Gasteiger partial charge in [0.2, 0.25) is 5.91 Å². The molecular weight excluding hydrogens is 410 g/mol. The van der Waals surface area contributed by atoms with Gasteiger partial charge in [-0.2, -0.15) is 0 Å². The van der Waals surface area contributed by atoms with Crippen molar-refractivity contribution in [2.75, 3.05) is 37.6 Å². The van der Waals surface area contributed by atoms with E-state index in [1.54, 1.807) is 17.0 Å². The van der Waals surface area contributed by atoms with E-state index < -0.39 is 11.0 Å². The van der Waals surface area contributed by atoms with Gasteiger partial charge in [0.25, 0.3) is 5.69 Å². The van der Waals surface area contributed by atoms with Crippen LogP contribution >= 0.6 is 11.6 Å². The molecule has 0 atom stereocenters. The summed E-state index contributed by atoms with van der Waals surface area (Å²) < 4.78 is 0. The lowest BCUT2D eigenvalue weighted by molar-refractivity contribution is -0.384. The molecule has 3 rings (SSSR count). The van der Waals surface area contributed by atoms with Gasteiger partial charge in [-0.3, -0.25) is 14.9 Å². The Kier molecular flexibility index (Phi) is 7.08. The van der Waals surface area contributed by atoms with Crippen LogP contribution < -0.4 is 15.5 Å². The number of rotatable bonds is 6. The predicted molar refractivity (Wildman–Crippen MR) is 114 cm³/mol. The van der Waals surface area contributed by atoms with Crippen LogP contribution in [-0.2, 0) is 11.3 Å². The van der Waals surface area contributed by atoms with Crippen LogP contribution in [0.3, 0.4) is 0 Å². The molecule has 0 unspecified atom stereocenters. The Bertz CT molecular complexity index is 917. The highest BCUT2D eigenvalue weighted by atomic mass is 35.5. The van der Waals surface area contributed by atoms with E-state index in [9.17, 15) is 19.7 Å². The Balaban J connectivity index is 1.45. The molecule has 2 N–H and O–H groups in total.